The monoisotopic (exact) mass is 345 g/mol. The maximum absolute atomic E-state index is 12.5. The van der Waals surface area contributed by atoms with Crippen LogP contribution >= 0.6 is 0 Å². The number of carbonyl (C=O) groups excluding carboxylic acids is 1. The van der Waals surface area contributed by atoms with Crippen molar-refractivity contribution in [2.75, 3.05) is 25.9 Å². The number of nitrogens with two attached hydrogens (primary N) is 1. The molecule has 0 aromatic carbocycles. The van der Waals surface area contributed by atoms with Crippen LogP contribution in [0, 0.1) is 5.92 Å². The van der Waals surface area contributed by atoms with Gasteiger partial charge in [-0.15, -0.1) is 0 Å². The minimum atomic E-state index is 0.132. The molecule has 0 saturated carbocycles. The summed E-state index contributed by atoms with van der Waals surface area (Å²) in [7, 11) is 1.53. The number of methoxy groups -OCH3 is 1. The van der Waals surface area contributed by atoms with Crippen molar-refractivity contribution in [3.8, 4) is 5.88 Å². The molecule has 1 atom stereocenters. The average Bonchev–Trinajstić information content (AvgIpc) is 3.10. The number of hydrogen-bond acceptors (Lipinski definition) is 7. The fourth-order valence-electron chi connectivity index (χ4n) is 3.16. The molecule has 0 radical (unpaired) electrons. The predicted octanol–water partition coefficient (Wildman–Crippen LogP) is 1.47. The summed E-state index contributed by atoms with van der Waals surface area (Å²) < 4.78 is 10.1. The first-order chi connectivity index (χ1) is 12.2. The second-order valence-corrected chi connectivity index (χ2v) is 6.28. The van der Waals surface area contributed by atoms with E-state index in [1.807, 2.05) is 4.90 Å². The number of aryl methyl sites for hydroxylation is 1. The van der Waals surface area contributed by atoms with Crippen molar-refractivity contribution >= 4 is 11.7 Å². The zero-order valence-corrected chi connectivity index (χ0v) is 14.4. The predicted molar refractivity (Wildman–Crippen MR) is 90.8 cm³/mol. The number of ether oxygens (including phenoxy) is 1. The van der Waals surface area contributed by atoms with E-state index in [9.17, 15) is 4.79 Å². The number of piperidine rings is 1. The summed E-state index contributed by atoms with van der Waals surface area (Å²) in [6, 6.07) is 1.71. The molecule has 1 amide bonds. The standard InChI is InChI=1S/C17H23N5O3/c1-24-15-10-13(25-21-15)4-5-16(23)22-8-2-3-12(11-22)9-14-17(18)20-7-6-19-14/h6-7,10,12H,2-5,8-9,11H2,1H3,(H2,18,20). The van der Waals surface area contributed by atoms with E-state index in [-0.39, 0.29) is 5.91 Å². The summed E-state index contributed by atoms with van der Waals surface area (Å²) in [6.45, 7) is 1.53. The largest absolute Gasteiger partial charge is 0.479 e. The maximum atomic E-state index is 12.5. The van der Waals surface area contributed by atoms with E-state index < -0.39 is 0 Å². The molecule has 2 N–H and O–H groups in total. The van der Waals surface area contributed by atoms with Crippen LogP contribution < -0.4 is 10.5 Å². The molecule has 25 heavy (non-hydrogen) atoms. The van der Waals surface area contributed by atoms with Crippen LogP contribution in [0.15, 0.2) is 23.0 Å². The van der Waals surface area contributed by atoms with Gasteiger partial charge in [0.2, 0.25) is 5.91 Å². The Labute approximate surface area is 146 Å². The summed E-state index contributed by atoms with van der Waals surface area (Å²) in [5, 5.41) is 3.75. The number of nitrogen functional groups attached to an aromatic ring is 1. The van der Waals surface area contributed by atoms with Crippen LogP contribution in [-0.2, 0) is 17.6 Å². The van der Waals surface area contributed by atoms with Crippen LogP contribution in [0.4, 0.5) is 5.82 Å². The molecule has 134 valence electrons. The Morgan fingerprint density at radius 2 is 2.28 bits per heavy atom. The highest BCUT2D eigenvalue weighted by Gasteiger charge is 2.25. The minimum Gasteiger partial charge on any atom is -0.479 e. The van der Waals surface area contributed by atoms with Crippen LogP contribution in [0.3, 0.4) is 0 Å². The molecule has 8 nitrogen and oxygen atoms in total. The van der Waals surface area contributed by atoms with Crippen LogP contribution in [0.2, 0.25) is 0 Å². The van der Waals surface area contributed by atoms with Gasteiger partial charge in [0.25, 0.3) is 5.88 Å². The fourth-order valence-corrected chi connectivity index (χ4v) is 3.16. The molecular formula is C17H23N5O3. The van der Waals surface area contributed by atoms with Crippen molar-refractivity contribution in [3.05, 3.63) is 29.9 Å². The number of anilines is 1. The van der Waals surface area contributed by atoms with Gasteiger partial charge in [0.05, 0.1) is 12.8 Å². The van der Waals surface area contributed by atoms with Crippen molar-refractivity contribution in [3.63, 3.8) is 0 Å². The first-order valence-corrected chi connectivity index (χ1v) is 8.48. The third-order valence-corrected chi connectivity index (χ3v) is 4.49. The normalized spacial score (nSPS) is 17.5. The smallest absolute Gasteiger partial charge is 0.254 e. The average molecular weight is 345 g/mol. The first kappa shape index (κ1) is 17.2. The Balaban J connectivity index is 1.51. The third kappa shape index (κ3) is 4.46. The topological polar surface area (TPSA) is 107 Å². The quantitative estimate of drug-likeness (QED) is 0.844. The van der Waals surface area contributed by atoms with E-state index in [0.29, 0.717) is 36.2 Å². The number of likely N-dealkylation sites (tertiary alicyclic amines) is 1. The summed E-state index contributed by atoms with van der Waals surface area (Å²) in [4.78, 5) is 22.8. The molecule has 2 aromatic heterocycles. The van der Waals surface area contributed by atoms with Gasteiger partial charge in [-0.3, -0.25) is 9.78 Å². The van der Waals surface area contributed by atoms with Gasteiger partial charge in [0.1, 0.15) is 11.6 Å². The molecule has 0 spiro atoms. The Morgan fingerprint density at radius 3 is 3.04 bits per heavy atom. The highest BCUT2D eigenvalue weighted by molar-refractivity contribution is 5.76. The summed E-state index contributed by atoms with van der Waals surface area (Å²) >= 11 is 0. The van der Waals surface area contributed by atoms with Crippen LogP contribution in [0.25, 0.3) is 0 Å². The summed E-state index contributed by atoms with van der Waals surface area (Å²) in [5.41, 5.74) is 6.69. The van der Waals surface area contributed by atoms with E-state index in [2.05, 4.69) is 15.1 Å². The molecular weight excluding hydrogens is 322 g/mol. The third-order valence-electron chi connectivity index (χ3n) is 4.49. The van der Waals surface area contributed by atoms with E-state index in [0.717, 1.165) is 38.0 Å². The Hall–Kier alpha value is -2.64. The van der Waals surface area contributed by atoms with Crippen molar-refractivity contribution < 1.29 is 14.1 Å². The van der Waals surface area contributed by atoms with E-state index in [4.69, 9.17) is 15.0 Å². The lowest BCUT2D eigenvalue weighted by molar-refractivity contribution is -0.133. The van der Waals surface area contributed by atoms with Crippen LogP contribution in [0.1, 0.15) is 30.7 Å². The highest BCUT2D eigenvalue weighted by Crippen LogP contribution is 2.22. The van der Waals surface area contributed by atoms with Crippen molar-refractivity contribution in [2.24, 2.45) is 5.92 Å². The lowest BCUT2D eigenvalue weighted by Gasteiger charge is -2.32. The Kier molecular flexibility index (Phi) is 5.47. The fraction of sp³-hybridized carbons (Fsp3) is 0.529. The zero-order chi connectivity index (χ0) is 17.6. The number of amides is 1. The number of nitrogens with zero attached hydrogens (tertiary/aromatic N) is 4. The number of carbonyl (C=O) groups is 1. The molecule has 2 aromatic rings. The lowest BCUT2D eigenvalue weighted by atomic mass is 9.93. The number of hydrogen-bond donors (Lipinski definition) is 1. The number of rotatable bonds is 6. The highest BCUT2D eigenvalue weighted by atomic mass is 16.5. The molecule has 3 rings (SSSR count). The zero-order valence-electron chi connectivity index (χ0n) is 14.4. The van der Waals surface area contributed by atoms with Crippen molar-refractivity contribution in [1.82, 2.24) is 20.0 Å². The molecule has 1 aliphatic rings. The van der Waals surface area contributed by atoms with Gasteiger partial charge < -0.3 is 19.9 Å². The number of aromatic nitrogens is 3. The van der Waals surface area contributed by atoms with E-state index >= 15 is 0 Å². The SMILES string of the molecule is COc1cc(CCC(=O)N2CCCC(Cc3nccnc3N)C2)on1. The van der Waals surface area contributed by atoms with Gasteiger partial charge in [-0.2, -0.15) is 0 Å². The van der Waals surface area contributed by atoms with Gasteiger partial charge in [-0.05, 0) is 30.3 Å². The molecule has 8 heteroatoms. The van der Waals surface area contributed by atoms with Gasteiger partial charge in [-0.25, -0.2) is 4.98 Å². The second-order valence-electron chi connectivity index (χ2n) is 6.28. The molecule has 1 saturated heterocycles. The van der Waals surface area contributed by atoms with Crippen molar-refractivity contribution in [1.29, 1.82) is 0 Å². The molecule has 0 aliphatic carbocycles. The van der Waals surface area contributed by atoms with Crippen LogP contribution in [0.5, 0.6) is 5.88 Å². The van der Waals surface area contributed by atoms with Crippen LogP contribution in [-0.4, -0.2) is 46.1 Å². The molecule has 1 fully saturated rings. The Morgan fingerprint density at radius 1 is 1.44 bits per heavy atom. The lowest BCUT2D eigenvalue weighted by Crippen LogP contribution is -2.40. The second kappa shape index (κ2) is 7.96. The van der Waals surface area contributed by atoms with Gasteiger partial charge in [-0.1, -0.05) is 0 Å². The summed E-state index contributed by atoms with van der Waals surface area (Å²) in [6.07, 6.45) is 6.98. The van der Waals surface area contributed by atoms with Crippen molar-refractivity contribution in [2.45, 2.75) is 32.1 Å². The minimum absolute atomic E-state index is 0.132. The summed E-state index contributed by atoms with van der Waals surface area (Å²) in [5.74, 6) is 2.06. The van der Waals surface area contributed by atoms with Gasteiger partial charge in [0.15, 0.2) is 0 Å². The van der Waals surface area contributed by atoms with E-state index in [1.54, 1.807) is 18.5 Å². The van der Waals surface area contributed by atoms with Gasteiger partial charge in [0, 0.05) is 44.4 Å². The van der Waals surface area contributed by atoms with E-state index in [1.165, 1.54) is 7.11 Å². The molecule has 1 unspecified atom stereocenters. The molecule has 3 heterocycles. The van der Waals surface area contributed by atoms with Gasteiger partial charge >= 0.3 is 0 Å². The maximum Gasteiger partial charge on any atom is 0.254 e. The molecule has 1 aliphatic heterocycles. The molecule has 0 bridgehead atoms. The first-order valence-electron chi connectivity index (χ1n) is 8.48. The Bertz CT molecular complexity index is 718.